The molecule has 0 fully saturated rings. The van der Waals surface area contributed by atoms with E-state index in [0.29, 0.717) is 22.6 Å². The number of aliphatic carboxylic acids is 1. The molecule has 0 aromatic carbocycles. The molecule has 1 aromatic heterocycles. The summed E-state index contributed by atoms with van der Waals surface area (Å²) in [6, 6.07) is 0. The molecule has 1 aliphatic carbocycles. The monoisotopic (exact) mass is 378 g/mol. The topological polar surface area (TPSA) is 95.5 Å². The minimum Gasteiger partial charge on any atom is -0.545 e. The largest absolute Gasteiger partial charge is 0.545 e. The Balaban J connectivity index is 2.34. The molecule has 1 aliphatic rings. The lowest BCUT2D eigenvalue weighted by atomic mass is 9.69. The number of ether oxygens (including phenoxy) is 1. The van der Waals surface area contributed by atoms with E-state index in [-0.39, 0.29) is 5.41 Å². The van der Waals surface area contributed by atoms with Crippen molar-refractivity contribution in [1.82, 2.24) is 0 Å². The first-order valence-corrected chi connectivity index (χ1v) is 9.44. The molecule has 0 radical (unpaired) electrons. The van der Waals surface area contributed by atoms with Gasteiger partial charge in [0.25, 0.3) is 0 Å². The highest BCUT2D eigenvalue weighted by Crippen LogP contribution is 2.45. The molecule has 142 valence electrons. The molecule has 2 rings (SSSR count). The second kappa shape index (κ2) is 8.03. The van der Waals surface area contributed by atoms with Crippen molar-refractivity contribution in [1.29, 1.82) is 0 Å². The Kier molecular flexibility index (Phi) is 6.23. The lowest BCUT2D eigenvalue weighted by Gasteiger charge is -2.36. The predicted molar refractivity (Wildman–Crippen MR) is 98.0 cm³/mol. The van der Waals surface area contributed by atoms with Gasteiger partial charge < -0.3 is 20.0 Å². The fraction of sp³-hybridized carbons (Fsp3) is 0.526. The maximum Gasteiger partial charge on any atom is 0.341 e. The Bertz CT molecular complexity index is 747. The van der Waals surface area contributed by atoms with Crippen LogP contribution in [0.5, 0.6) is 0 Å². The third-order valence-electron chi connectivity index (χ3n) is 5.28. The zero-order chi connectivity index (χ0) is 19.5. The van der Waals surface area contributed by atoms with Crippen molar-refractivity contribution in [3.8, 4) is 0 Å². The van der Waals surface area contributed by atoms with Crippen molar-refractivity contribution in [3.05, 3.63) is 28.2 Å². The van der Waals surface area contributed by atoms with Gasteiger partial charge in [0.15, 0.2) is 0 Å². The maximum atomic E-state index is 12.3. The van der Waals surface area contributed by atoms with Gasteiger partial charge in [-0.05, 0) is 42.2 Å². The molecule has 0 saturated carbocycles. The molecule has 1 aromatic rings. The minimum atomic E-state index is -1.46. The number of carboxylic acids is 1. The standard InChI is InChI=1S/C19H25NO5S/c1-5-19(2,3)11-6-7-12-13(10-11)26-17(16(12)18(24)25-4)20-14(21)8-9-15(22)23/h8-9,11H,5-7,10H2,1-4H3,(H,20,21)(H,22,23)/p-1/b9-8+/t11-/m0/s1. The van der Waals surface area contributed by atoms with E-state index in [1.165, 1.54) is 18.4 Å². The molecule has 1 atom stereocenters. The Hall–Kier alpha value is -2.15. The summed E-state index contributed by atoms with van der Waals surface area (Å²) in [5, 5.41) is 13.5. The van der Waals surface area contributed by atoms with Crippen LogP contribution in [0.1, 0.15) is 54.4 Å². The van der Waals surface area contributed by atoms with Crippen molar-refractivity contribution < 1.29 is 24.2 Å². The summed E-state index contributed by atoms with van der Waals surface area (Å²) in [5.74, 6) is -2.06. The smallest absolute Gasteiger partial charge is 0.341 e. The maximum absolute atomic E-state index is 12.3. The number of rotatable bonds is 6. The van der Waals surface area contributed by atoms with Crippen LogP contribution in [-0.2, 0) is 27.2 Å². The first kappa shape index (κ1) is 20.2. The van der Waals surface area contributed by atoms with E-state index in [4.69, 9.17) is 4.74 Å². The highest BCUT2D eigenvalue weighted by atomic mass is 32.1. The number of anilines is 1. The Morgan fingerprint density at radius 2 is 2.04 bits per heavy atom. The van der Waals surface area contributed by atoms with Gasteiger partial charge in [-0.25, -0.2) is 4.79 Å². The average Bonchev–Trinajstić information content (AvgIpc) is 2.96. The molecule has 0 bridgehead atoms. The molecule has 7 heteroatoms. The predicted octanol–water partition coefficient (Wildman–Crippen LogP) is 2.32. The summed E-state index contributed by atoms with van der Waals surface area (Å²) in [4.78, 5) is 35.7. The lowest BCUT2D eigenvalue weighted by molar-refractivity contribution is -0.297. The highest BCUT2D eigenvalue weighted by Gasteiger charge is 2.35. The second-order valence-electron chi connectivity index (χ2n) is 7.12. The van der Waals surface area contributed by atoms with E-state index >= 15 is 0 Å². The summed E-state index contributed by atoms with van der Waals surface area (Å²) >= 11 is 1.37. The number of nitrogens with one attached hydrogen (secondary N) is 1. The number of thiophene rings is 1. The number of carbonyl (C=O) groups is 3. The van der Waals surface area contributed by atoms with Crippen molar-refractivity contribution in [2.45, 2.75) is 46.5 Å². The fourth-order valence-corrected chi connectivity index (χ4v) is 4.56. The number of fused-ring (bicyclic) bond motifs is 1. The Morgan fingerprint density at radius 1 is 1.35 bits per heavy atom. The number of hydrogen-bond donors (Lipinski definition) is 1. The van der Waals surface area contributed by atoms with Gasteiger partial charge in [-0.15, -0.1) is 11.3 Å². The van der Waals surface area contributed by atoms with Gasteiger partial charge in [0.1, 0.15) is 5.00 Å². The van der Waals surface area contributed by atoms with Crippen molar-refractivity contribution in [2.24, 2.45) is 11.3 Å². The van der Waals surface area contributed by atoms with E-state index in [0.717, 1.165) is 42.2 Å². The van der Waals surface area contributed by atoms with E-state index in [9.17, 15) is 19.5 Å². The van der Waals surface area contributed by atoms with E-state index in [1.807, 2.05) is 0 Å². The van der Waals surface area contributed by atoms with Crippen LogP contribution in [0.2, 0.25) is 0 Å². The highest BCUT2D eigenvalue weighted by molar-refractivity contribution is 7.17. The third kappa shape index (κ3) is 4.33. The van der Waals surface area contributed by atoms with E-state index in [2.05, 4.69) is 26.1 Å². The average molecular weight is 378 g/mol. The Labute approximate surface area is 157 Å². The summed E-state index contributed by atoms with van der Waals surface area (Å²) in [5.41, 5.74) is 1.52. The van der Waals surface area contributed by atoms with Crippen LogP contribution >= 0.6 is 11.3 Å². The molecule has 0 spiro atoms. The summed E-state index contributed by atoms with van der Waals surface area (Å²) in [7, 11) is 1.31. The van der Waals surface area contributed by atoms with E-state index in [1.54, 1.807) is 0 Å². The molecule has 0 unspecified atom stereocenters. The van der Waals surface area contributed by atoms with Gasteiger partial charge in [0.2, 0.25) is 5.91 Å². The number of carboxylic acid groups (broad SMARTS) is 1. The summed E-state index contributed by atoms with van der Waals surface area (Å²) < 4.78 is 4.89. The molecule has 1 N–H and O–H groups in total. The van der Waals surface area contributed by atoms with Crippen LogP contribution in [0, 0.1) is 11.3 Å². The number of amides is 1. The molecule has 0 saturated heterocycles. The fourth-order valence-electron chi connectivity index (χ4n) is 3.24. The second-order valence-corrected chi connectivity index (χ2v) is 8.23. The SMILES string of the molecule is CCC(C)(C)[C@H]1CCc2c(sc(NC(=O)/C=C/C(=O)[O-])c2C(=O)OC)C1. The Morgan fingerprint density at radius 3 is 2.62 bits per heavy atom. The van der Waals surface area contributed by atoms with Crippen LogP contribution in [0.4, 0.5) is 5.00 Å². The first-order chi connectivity index (χ1) is 12.2. The van der Waals surface area contributed by atoms with Crippen molar-refractivity contribution >= 4 is 34.2 Å². The van der Waals surface area contributed by atoms with Gasteiger partial charge in [0, 0.05) is 11.0 Å². The number of hydrogen-bond acceptors (Lipinski definition) is 6. The van der Waals surface area contributed by atoms with Gasteiger partial charge in [-0.1, -0.05) is 27.2 Å². The molecule has 6 nitrogen and oxygen atoms in total. The molecular weight excluding hydrogens is 354 g/mol. The third-order valence-corrected chi connectivity index (χ3v) is 6.45. The number of carbonyl (C=O) groups excluding carboxylic acids is 3. The molecular formula is C19H24NO5S-. The molecule has 1 amide bonds. The number of esters is 1. The normalized spacial score (nSPS) is 17.0. The molecule has 0 aliphatic heterocycles. The van der Waals surface area contributed by atoms with E-state index < -0.39 is 17.8 Å². The zero-order valence-electron chi connectivity index (χ0n) is 15.5. The number of methoxy groups -OCH3 is 1. The minimum absolute atomic E-state index is 0.202. The van der Waals surface area contributed by atoms with Crippen molar-refractivity contribution in [2.75, 3.05) is 12.4 Å². The van der Waals surface area contributed by atoms with Gasteiger partial charge >= 0.3 is 5.97 Å². The summed E-state index contributed by atoms with van der Waals surface area (Å²) in [6.45, 7) is 6.69. The van der Waals surface area contributed by atoms with Gasteiger partial charge in [-0.2, -0.15) is 0 Å². The van der Waals surface area contributed by atoms with Gasteiger partial charge in [0.05, 0.1) is 18.6 Å². The molecule has 1 heterocycles. The van der Waals surface area contributed by atoms with Gasteiger partial charge in [-0.3, -0.25) is 4.79 Å². The summed E-state index contributed by atoms with van der Waals surface area (Å²) in [6.07, 6.45) is 5.19. The lowest BCUT2D eigenvalue weighted by Crippen LogP contribution is -2.28. The van der Waals surface area contributed by atoms with Crippen LogP contribution in [0.3, 0.4) is 0 Å². The van der Waals surface area contributed by atoms with Crippen LogP contribution < -0.4 is 10.4 Å². The zero-order valence-corrected chi connectivity index (χ0v) is 16.3. The van der Waals surface area contributed by atoms with Crippen molar-refractivity contribution in [3.63, 3.8) is 0 Å². The molecule has 26 heavy (non-hydrogen) atoms. The van der Waals surface area contributed by atoms with Crippen LogP contribution in [-0.4, -0.2) is 25.0 Å². The van der Waals surface area contributed by atoms with Crippen LogP contribution in [0.25, 0.3) is 0 Å². The first-order valence-electron chi connectivity index (χ1n) is 8.62. The quantitative estimate of drug-likeness (QED) is 0.605. The van der Waals surface area contributed by atoms with Crippen LogP contribution in [0.15, 0.2) is 12.2 Å².